The Morgan fingerprint density at radius 2 is 0.948 bits per heavy atom. The van der Waals surface area contributed by atoms with E-state index in [0.717, 1.165) is 54.6 Å². The van der Waals surface area contributed by atoms with Crippen LogP contribution in [0.15, 0.2) is 35.7 Å². The summed E-state index contributed by atoms with van der Waals surface area (Å²) in [4.78, 5) is 27.3. The van der Waals surface area contributed by atoms with Crippen LogP contribution in [0.5, 0.6) is 0 Å². The average molecular weight is 827 g/mol. The van der Waals surface area contributed by atoms with E-state index in [2.05, 4.69) is 39.8 Å². The highest BCUT2D eigenvalue weighted by molar-refractivity contribution is 7.20. The third-order valence-electron chi connectivity index (χ3n) is 12.9. The van der Waals surface area contributed by atoms with Crippen molar-refractivity contribution >= 4 is 76.3 Å². The van der Waals surface area contributed by atoms with Gasteiger partial charge in [0.1, 0.15) is 0 Å². The lowest BCUT2D eigenvalue weighted by atomic mass is 9.84. The van der Waals surface area contributed by atoms with E-state index in [1.165, 1.54) is 165 Å². The minimum atomic E-state index is -0.914. The van der Waals surface area contributed by atoms with Gasteiger partial charge in [-0.2, -0.15) is 0 Å². The molecular formula is C52H74O4S2. The lowest BCUT2D eigenvalue weighted by molar-refractivity contribution is 0.0688. The number of rotatable bonds is 30. The second-order valence-electron chi connectivity index (χ2n) is 17.6. The van der Waals surface area contributed by atoms with Crippen LogP contribution in [-0.4, -0.2) is 22.2 Å². The van der Waals surface area contributed by atoms with E-state index in [4.69, 9.17) is 0 Å². The van der Waals surface area contributed by atoms with Gasteiger partial charge in [-0.25, -0.2) is 9.59 Å². The van der Waals surface area contributed by atoms with Gasteiger partial charge in [-0.15, -0.1) is 22.7 Å². The number of unbranched alkanes of at least 4 members (excludes halogenated alkanes) is 16. The summed E-state index contributed by atoms with van der Waals surface area (Å²) in [6.45, 7) is 9.15. The minimum Gasteiger partial charge on any atom is -0.478 e. The number of thiophene rings is 2. The van der Waals surface area contributed by atoms with Crippen LogP contribution >= 0.6 is 22.7 Å². The number of carboxylic acids is 2. The van der Waals surface area contributed by atoms with Crippen LogP contribution in [-0.2, 0) is 12.8 Å². The number of aromatic carboxylic acids is 2. The van der Waals surface area contributed by atoms with Crippen molar-refractivity contribution in [1.29, 1.82) is 0 Å². The van der Waals surface area contributed by atoms with Crippen molar-refractivity contribution in [2.24, 2.45) is 11.8 Å². The fourth-order valence-corrected chi connectivity index (χ4v) is 12.0. The van der Waals surface area contributed by atoms with Crippen LogP contribution in [0, 0.1) is 11.8 Å². The molecule has 0 saturated carbocycles. The SMILES string of the molecule is CCCCCCCCC(CCCCCC)Cc1sc2c(c(C(=O)O)cc3cc4c(cc(C(=O)O)c5ccsc54)cc32)c1CC(CCCCCC)CCCCCCCC. The molecule has 2 aromatic heterocycles. The van der Waals surface area contributed by atoms with E-state index in [-0.39, 0.29) is 0 Å². The minimum absolute atomic E-state index is 0.329. The van der Waals surface area contributed by atoms with Crippen molar-refractivity contribution in [2.75, 3.05) is 0 Å². The molecule has 0 spiro atoms. The first kappa shape index (κ1) is 46.1. The molecule has 5 rings (SSSR count). The first-order chi connectivity index (χ1) is 28.3. The molecule has 0 amide bonds. The molecule has 0 radical (unpaired) electrons. The maximum absolute atomic E-state index is 13.4. The van der Waals surface area contributed by atoms with Gasteiger partial charge in [0.25, 0.3) is 0 Å². The second-order valence-corrected chi connectivity index (χ2v) is 19.6. The van der Waals surface area contributed by atoms with E-state index in [1.54, 1.807) is 11.3 Å². The fourth-order valence-electron chi connectivity index (χ4n) is 9.56. The van der Waals surface area contributed by atoms with Crippen LogP contribution in [0.1, 0.15) is 213 Å². The third kappa shape index (κ3) is 12.5. The maximum atomic E-state index is 13.4. The van der Waals surface area contributed by atoms with Gasteiger partial charge in [-0.1, -0.05) is 182 Å². The lowest BCUT2D eigenvalue weighted by Crippen LogP contribution is -2.10. The summed E-state index contributed by atoms with van der Waals surface area (Å²) in [5.74, 6) is -0.621. The summed E-state index contributed by atoms with van der Waals surface area (Å²) in [6, 6.07) is 9.96. The number of hydrogen-bond acceptors (Lipinski definition) is 4. The normalized spacial score (nSPS) is 13.0. The molecule has 2 heterocycles. The number of hydrogen-bond donors (Lipinski definition) is 2. The Hall–Kier alpha value is -2.96. The second kappa shape index (κ2) is 24.3. The van der Waals surface area contributed by atoms with Crippen molar-refractivity contribution in [2.45, 2.75) is 195 Å². The van der Waals surface area contributed by atoms with Crippen LogP contribution in [0.2, 0.25) is 0 Å². The summed E-state index contributed by atoms with van der Waals surface area (Å²) >= 11 is 3.42. The van der Waals surface area contributed by atoms with Gasteiger partial charge in [0, 0.05) is 35.8 Å². The first-order valence-corrected chi connectivity index (χ1v) is 25.3. The Kier molecular flexibility index (Phi) is 19.3. The van der Waals surface area contributed by atoms with Crippen molar-refractivity contribution in [1.82, 2.24) is 0 Å². The molecular weight excluding hydrogens is 753 g/mol. The molecule has 0 aliphatic rings. The fraction of sp³-hybridized carbons (Fsp3) is 0.615. The van der Waals surface area contributed by atoms with E-state index in [9.17, 15) is 19.8 Å². The van der Waals surface area contributed by atoms with Crippen LogP contribution in [0.3, 0.4) is 0 Å². The molecule has 0 saturated heterocycles. The van der Waals surface area contributed by atoms with Gasteiger partial charge in [0.05, 0.1) is 11.1 Å². The number of benzene rings is 3. The Labute approximate surface area is 358 Å². The van der Waals surface area contributed by atoms with Gasteiger partial charge in [0.15, 0.2) is 0 Å². The Balaban J connectivity index is 1.63. The molecule has 4 nitrogen and oxygen atoms in total. The van der Waals surface area contributed by atoms with E-state index in [1.807, 2.05) is 34.9 Å². The van der Waals surface area contributed by atoms with Gasteiger partial charge >= 0.3 is 11.9 Å². The van der Waals surface area contributed by atoms with Crippen molar-refractivity contribution in [3.05, 3.63) is 57.3 Å². The molecule has 58 heavy (non-hydrogen) atoms. The highest BCUT2D eigenvalue weighted by atomic mass is 32.1. The molecule has 2 unspecified atom stereocenters. The van der Waals surface area contributed by atoms with Crippen molar-refractivity contribution in [3.63, 3.8) is 0 Å². The summed E-state index contributed by atoms with van der Waals surface area (Å²) in [6.07, 6.45) is 32.6. The first-order valence-electron chi connectivity index (χ1n) is 23.6. The van der Waals surface area contributed by atoms with Gasteiger partial charge in [-0.05, 0) is 76.7 Å². The predicted octanol–water partition coefficient (Wildman–Crippen LogP) is 17.6. The molecule has 0 bridgehead atoms. The van der Waals surface area contributed by atoms with Crippen molar-refractivity contribution < 1.29 is 19.8 Å². The quantitative estimate of drug-likeness (QED) is 0.0357. The van der Waals surface area contributed by atoms with Crippen LogP contribution < -0.4 is 0 Å². The summed E-state index contributed by atoms with van der Waals surface area (Å²) < 4.78 is 2.03. The van der Waals surface area contributed by atoms with Crippen LogP contribution in [0.25, 0.3) is 41.7 Å². The molecule has 5 aromatic rings. The Bertz CT molecular complexity index is 2040. The number of fused-ring (bicyclic) bond motifs is 6. The van der Waals surface area contributed by atoms with E-state index in [0.29, 0.717) is 23.0 Å². The molecule has 0 aliphatic heterocycles. The summed E-state index contributed by atoms with van der Waals surface area (Å²) in [7, 11) is 0. The monoisotopic (exact) mass is 827 g/mol. The van der Waals surface area contributed by atoms with Gasteiger partial charge in [0.2, 0.25) is 0 Å². The Morgan fingerprint density at radius 3 is 1.45 bits per heavy atom. The number of carboxylic acid groups (broad SMARTS) is 2. The van der Waals surface area contributed by atoms with Crippen molar-refractivity contribution in [3.8, 4) is 0 Å². The zero-order valence-electron chi connectivity index (χ0n) is 36.5. The van der Waals surface area contributed by atoms with E-state index < -0.39 is 11.9 Å². The number of carbonyl (C=O) groups is 2. The van der Waals surface area contributed by atoms with Gasteiger partial charge in [-0.3, -0.25) is 0 Å². The molecule has 0 aliphatic carbocycles. The third-order valence-corrected chi connectivity index (χ3v) is 15.2. The predicted molar refractivity (Wildman–Crippen MR) is 254 cm³/mol. The lowest BCUT2D eigenvalue weighted by Gasteiger charge is -2.21. The molecule has 2 atom stereocenters. The largest absolute Gasteiger partial charge is 0.478 e. The molecule has 318 valence electrons. The summed E-state index contributed by atoms with van der Waals surface area (Å²) in [5.41, 5.74) is 2.08. The molecule has 2 N–H and O–H groups in total. The van der Waals surface area contributed by atoms with E-state index >= 15 is 0 Å². The van der Waals surface area contributed by atoms with Gasteiger partial charge < -0.3 is 10.2 Å². The molecule has 6 heteroatoms. The zero-order valence-corrected chi connectivity index (χ0v) is 38.2. The summed E-state index contributed by atoms with van der Waals surface area (Å²) in [5, 5.41) is 28.8. The van der Waals surface area contributed by atoms with Crippen LogP contribution in [0.4, 0.5) is 0 Å². The molecule has 3 aromatic carbocycles. The topological polar surface area (TPSA) is 74.6 Å². The standard InChI is InChI=1S/C52H74O4S2/c1-5-9-13-17-19-23-26-37(25-21-15-11-7-3)31-45-47(32-38(27-22-16-12-8-4)28-24-20-18-14-10-6-2)58-50-43-34-39-35-44(51(53)54)41-29-30-57-49(41)42(39)33-40(43)36-46(48(45)50)52(55)56/h29-30,33-38H,5-28,31-32H2,1-4H3,(H,53,54)(H,55,56). The maximum Gasteiger partial charge on any atom is 0.336 e. The Morgan fingerprint density at radius 1 is 0.517 bits per heavy atom. The smallest absolute Gasteiger partial charge is 0.336 e. The average Bonchev–Trinajstić information content (AvgIpc) is 3.85. The highest BCUT2D eigenvalue weighted by Gasteiger charge is 2.26. The molecule has 0 fully saturated rings. The zero-order chi connectivity index (χ0) is 41.3. The highest BCUT2D eigenvalue weighted by Crippen LogP contribution is 2.45.